The van der Waals surface area contributed by atoms with Crippen LogP contribution in [0.25, 0.3) is 0 Å². The number of nitrogens with zero attached hydrogens (tertiary/aromatic N) is 1. The van der Waals surface area contributed by atoms with E-state index >= 15 is 0 Å². The zero-order valence-corrected chi connectivity index (χ0v) is 25.7. The van der Waals surface area contributed by atoms with Crippen LogP contribution in [-0.4, -0.2) is 66.2 Å². The zero-order valence-electron chi connectivity index (χ0n) is 25.7. The largest absolute Gasteiger partial charge is 0.370 e. The summed E-state index contributed by atoms with van der Waals surface area (Å²) in [4.78, 5) is 70.4. The topological polar surface area (TPSA) is 210 Å². The molecule has 0 aliphatic carbocycles. The van der Waals surface area contributed by atoms with Crippen molar-refractivity contribution in [1.82, 2.24) is 26.6 Å². The summed E-state index contributed by atoms with van der Waals surface area (Å²) in [6.45, 7) is 7.43. The van der Waals surface area contributed by atoms with Crippen molar-refractivity contribution in [2.75, 3.05) is 13.1 Å². The minimum Gasteiger partial charge on any atom is -0.370 e. The molecule has 0 radical (unpaired) electrons. The molecule has 4 atom stereocenters. The highest BCUT2D eigenvalue weighted by atomic mass is 16.2. The fraction of sp³-hybridized carbons (Fsp3) is 0.600. The fourth-order valence-corrected chi connectivity index (χ4v) is 4.65. The minimum absolute atomic E-state index is 0.0916. The van der Waals surface area contributed by atoms with E-state index in [1.807, 2.05) is 6.07 Å². The van der Waals surface area contributed by atoms with Crippen LogP contribution in [0.1, 0.15) is 84.2 Å². The third-order valence-electron chi connectivity index (χ3n) is 7.37. The number of hydrogen-bond acceptors (Lipinski definition) is 6. The molecule has 2 rings (SSSR count). The van der Waals surface area contributed by atoms with Crippen LogP contribution in [0.15, 0.2) is 35.3 Å². The molecule has 1 fully saturated rings. The molecule has 0 bridgehead atoms. The molecule has 1 heterocycles. The summed E-state index contributed by atoms with van der Waals surface area (Å²) in [6, 6.07) is 5.90. The van der Waals surface area contributed by atoms with Gasteiger partial charge in [0.25, 0.3) is 0 Å². The molecule has 0 saturated carbocycles. The van der Waals surface area contributed by atoms with Crippen molar-refractivity contribution in [3.8, 4) is 0 Å². The number of carbonyl (C=O) groups is 5. The lowest BCUT2D eigenvalue weighted by Crippen LogP contribution is -2.62. The maximum Gasteiger partial charge on any atom is 0.247 e. The quantitative estimate of drug-likeness (QED) is 0.127. The number of amides is 5. The highest BCUT2D eigenvalue weighted by Gasteiger charge is 2.38. The normalized spacial score (nSPS) is 24.5. The average Bonchev–Trinajstić information content (AvgIpc) is 2.97. The Hall–Kier alpha value is -4.16. The number of carbonyl (C=O) groups excluding carboxylic acids is 5. The first kappa shape index (κ1) is 35.0. The van der Waals surface area contributed by atoms with E-state index in [2.05, 4.69) is 31.6 Å². The van der Waals surface area contributed by atoms with E-state index < -0.39 is 41.4 Å². The molecule has 1 aromatic carbocycles. The second-order valence-corrected chi connectivity index (χ2v) is 11.4. The lowest BCUT2D eigenvalue weighted by Gasteiger charge is -2.32. The van der Waals surface area contributed by atoms with Crippen LogP contribution >= 0.6 is 0 Å². The van der Waals surface area contributed by atoms with E-state index in [0.29, 0.717) is 44.2 Å². The van der Waals surface area contributed by atoms with E-state index in [9.17, 15) is 24.0 Å². The average molecular weight is 601 g/mol. The maximum absolute atomic E-state index is 13.7. The Morgan fingerprint density at radius 1 is 0.977 bits per heavy atom. The molecule has 13 heteroatoms. The molecule has 43 heavy (non-hydrogen) atoms. The molecule has 1 aliphatic heterocycles. The molecule has 238 valence electrons. The standard InChI is InChI=1S/C30H48N8O5/c1-5-21-25(40)37-23(20-13-8-6-9-14-20)27(42)33-17-11-7-10-16-30(4,38-24(39)19(2)3)28(43)36-22(26(41)35-21)15-12-18-34-29(31)32/h6,8-9,13-14,19,21-23H,5,7,10-12,15-18H2,1-4H3,(H,33,42)(H,35,41)(H,36,43)(H,37,40)(H,38,39)(H4,31,32,34). The third kappa shape index (κ3) is 11.2. The van der Waals surface area contributed by atoms with Crippen LogP contribution in [0, 0.1) is 5.92 Å². The van der Waals surface area contributed by atoms with Crippen LogP contribution in [0.2, 0.25) is 0 Å². The van der Waals surface area contributed by atoms with Gasteiger partial charge in [-0.15, -0.1) is 0 Å². The summed E-state index contributed by atoms with van der Waals surface area (Å²) < 4.78 is 0. The monoisotopic (exact) mass is 600 g/mol. The Morgan fingerprint density at radius 3 is 2.28 bits per heavy atom. The van der Waals surface area contributed by atoms with Gasteiger partial charge in [-0.3, -0.25) is 29.0 Å². The molecule has 1 aromatic rings. The van der Waals surface area contributed by atoms with E-state index in [-0.39, 0.29) is 43.1 Å². The zero-order chi connectivity index (χ0) is 32.0. The van der Waals surface area contributed by atoms with E-state index in [1.165, 1.54) is 0 Å². The summed E-state index contributed by atoms with van der Waals surface area (Å²) in [5, 5.41) is 14.1. The van der Waals surface area contributed by atoms with Crippen molar-refractivity contribution in [2.45, 2.75) is 96.3 Å². The van der Waals surface area contributed by atoms with Crippen molar-refractivity contribution in [2.24, 2.45) is 22.4 Å². The molecule has 0 spiro atoms. The number of nitrogens with two attached hydrogens (primary N) is 2. The van der Waals surface area contributed by atoms with Crippen LogP contribution in [0.3, 0.4) is 0 Å². The summed E-state index contributed by atoms with van der Waals surface area (Å²) in [6.07, 6.45) is 2.97. The van der Waals surface area contributed by atoms with Gasteiger partial charge in [0, 0.05) is 19.0 Å². The maximum atomic E-state index is 13.7. The second kappa shape index (κ2) is 17.1. The Kier molecular flexibility index (Phi) is 13.9. The van der Waals surface area contributed by atoms with Gasteiger partial charge >= 0.3 is 0 Å². The van der Waals surface area contributed by atoms with E-state index in [0.717, 1.165) is 0 Å². The van der Waals surface area contributed by atoms with Gasteiger partial charge in [0.05, 0.1) is 0 Å². The lowest BCUT2D eigenvalue weighted by atomic mass is 9.91. The smallest absolute Gasteiger partial charge is 0.247 e. The molecule has 1 aliphatic rings. The molecular formula is C30H48N8O5. The van der Waals surface area contributed by atoms with Gasteiger partial charge in [0.15, 0.2) is 5.96 Å². The number of hydrogen-bond donors (Lipinski definition) is 7. The van der Waals surface area contributed by atoms with Crippen molar-refractivity contribution in [3.05, 3.63) is 35.9 Å². The number of rotatable bonds is 8. The predicted octanol–water partition coefficient (Wildman–Crippen LogP) is 0.498. The van der Waals surface area contributed by atoms with Crippen molar-refractivity contribution in [1.29, 1.82) is 0 Å². The first-order valence-corrected chi connectivity index (χ1v) is 15.0. The second-order valence-electron chi connectivity index (χ2n) is 11.4. The molecule has 1 saturated heterocycles. The molecule has 4 unspecified atom stereocenters. The van der Waals surface area contributed by atoms with Crippen molar-refractivity contribution < 1.29 is 24.0 Å². The number of benzene rings is 1. The fourth-order valence-electron chi connectivity index (χ4n) is 4.65. The lowest BCUT2D eigenvalue weighted by molar-refractivity contribution is -0.137. The van der Waals surface area contributed by atoms with Gasteiger partial charge in [0.2, 0.25) is 29.5 Å². The van der Waals surface area contributed by atoms with Crippen LogP contribution in [0.4, 0.5) is 0 Å². The minimum atomic E-state index is -1.29. The van der Waals surface area contributed by atoms with Gasteiger partial charge in [-0.25, -0.2) is 0 Å². The highest BCUT2D eigenvalue weighted by Crippen LogP contribution is 2.19. The van der Waals surface area contributed by atoms with Gasteiger partial charge in [0.1, 0.15) is 23.7 Å². The SMILES string of the molecule is CCC1NC(=O)C(CCCN=C(N)N)NC(=O)C(C)(NC(=O)C(C)C)CCCCCNC(=O)C(c2ccccc2)NC1=O. The summed E-state index contributed by atoms with van der Waals surface area (Å²) >= 11 is 0. The molecular weight excluding hydrogens is 552 g/mol. The van der Waals surface area contributed by atoms with Gasteiger partial charge in [-0.05, 0) is 44.6 Å². The van der Waals surface area contributed by atoms with Gasteiger partial charge < -0.3 is 38.1 Å². The molecule has 0 aromatic heterocycles. The summed E-state index contributed by atoms with van der Waals surface area (Å²) in [5.74, 6) is -2.74. The number of nitrogens with one attached hydrogen (secondary N) is 5. The van der Waals surface area contributed by atoms with Crippen LogP contribution in [0.5, 0.6) is 0 Å². The summed E-state index contributed by atoms with van der Waals surface area (Å²) in [7, 11) is 0. The summed E-state index contributed by atoms with van der Waals surface area (Å²) in [5.41, 5.74) is 10.2. The number of aliphatic imine (C=N–C) groups is 1. The Labute approximate surface area is 253 Å². The van der Waals surface area contributed by atoms with E-state index in [1.54, 1.807) is 52.0 Å². The Bertz CT molecular complexity index is 1140. The first-order valence-electron chi connectivity index (χ1n) is 15.0. The van der Waals surface area contributed by atoms with Crippen molar-refractivity contribution in [3.63, 3.8) is 0 Å². The van der Waals surface area contributed by atoms with Crippen LogP contribution in [-0.2, 0) is 24.0 Å². The molecule has 5 amide bonds. The molecule has 9 N–H and O–H groups in total. The number of guanidine groups is 1. The van der Waals surface area contributed by atoms with Gasteiger partial charge in [-0.2, -0.15) is 0 Å². The van der Waals surface area contributed by atoms with E-state index in [4.69, 9.17) is 11.5 Å². The predicted molar refractivity (Wildman–Crippen MR) is 164 cm³/mol. The van der Waals surface area contributed by atoms with Crippen LogP contribution < -0.4 is 38.1 Å². The first-order chi connectivity index (χ1) is 20.4. The third-order valence-corrected chi connectivity index (χ3v) is 7.37. The Balaban J connectivity index is 2.41. The highest BCUT2D eigenvalue weighted by molar-refractivity contribution is 5.97. The Morgan fingerprint density at radius 2 is 1.65 bits per heavy atom. The van der Waals surface area contributed by atoms with Gasteiger partial charge in [-0.1, -0.05) is 63.9 Å². The molecule has 13 nitrogen and oxygen atoms in total. The van der Waals surface area contributed by atoms with Crippen molar-refractivity contribution >= 4 is 35.5 Å².